The lowest BCUT2D eigenvalue weighted by Crippen LogP contribution is -2.44. The third-order valence-corrected chi connectivity index (χ3v) is 5.35. The highest BCUT2D eigenvalue weighted by Gasteiger charge is 2.39. The third-order valence-electron chi connectivity index (χ3n) is 5.35. The van der Waals surface area contributed by atoms with Crippen molar-refractivity contribution in [3.8, 4) is 0 Å². The van der Waals surface area contributed by atoms with E-state index in [1.54, 1.807) is 6.20 Å². The number of aromatic nitrogens is 2. The van der Waals surface area contributed by atoms with Crippen LogP contribution in [-0.2, 0) is 0 Å². The molecule has 1 saturated carbocycles. The Morgan fingerprint density at radius 2 is 2.00 bits per heavy atom. The Balaban J connectivity index is 1.42. The highest BCUT2D eigenvalue weighted by molar-refractivity contribution is 5.91. The Morgan fingerprint density at radius 1 is 1.20 bits per heavy atom. The second-order valence-electron chi connectivity index (χ2n) is 7.05. The number of carbonyl (C=O) groups excluding carboxylic acids is 1. The summed E-state index contributed by atoms with van der Waals surface area (Å²) in [4.78, 5) is 26.6. The molecule has 0 aromatic carbocycles. The summed E-state index contributed by atoms with van der Waals surface area (Å²) in [7, 11) is 1.83. The van der Waals surface area contributed by atoms with Crippen molar-refractivity contribution >= 4 is 11.9 Å². The Bertz CT molecular complexity index is 597. The molecule has 25 heavy (non-hydrogen) atoms. The van der Waals surface area contributed by atoms with Crippen LogP contribution in [0.15, 0.2) is 23.6 Å². The van der Waals surface area contributed by atoms with Crippen LogP contribution in [-0.4, -0.2) is 60.0 Å². The maximum Gasteiger partial charge on any atom is 0.271 e. The minimum absolute atomic E-state index is 0.202. The molecule has 1 aromatic rings. The molecule has 2 heterocycles. The van der Waals surface area contributed by atoms with Crippen molar-refractivity contribution in [2.75, 3.05) is 33.2 Å². The second-order valence-corrected chi connectivity index (χ2v) is 7.05. The normalized spacial score (nSPS) is 19.9. The van der Waals surface area contributed by atoms with Crippen LogP contribution in [0, 0.1) is 5.41 Å². The van der Waals surface area contributed by atoms with Gasteiger partial charge in [0.1, 0.15) is 5.69 Å². The number of likely N-dealkylation sites (tertiary alicyclic amines) is 1. The van der Waals surface area contributed by atoms with Gasteiger partial charge in [-0.1, -0.05) is 19.3 Å². The first-order valence-electron chi connectivity index (χ1n) is 9.22. The molecule has 1 spiro atoms. The van der Waals surface area contributed by atoms with Gasteiger partial charge >= 0.3 is 0 Å². The molecular formula is C18H28N6O. The fraction of sp³-hybridized carbons (Fsp3) is 0.667. The van der Waals surface area contributed by atoms with Gasteiger partial charge in [0.2, 0.25) is 0 Å². The van der Waals surface area contributed by atoms with Crippen LogP contribution in [0.4, 0.5) is 0 Å². The van der Waals surface area contributed by atoms with Gasteiger partial charge in [0.25, 0.3) is 5.91 Å². The number of aliphatic imine (C=N–C) groups is 1. The molecule has 2 N–H and O–H groups in total. The number of nitrogens with zero attached hydrogens (tertiary/aromatic N) is 4. The molecule has 0 unspecified atom stereocenters. The predicted octanol–water partition coefficient (Wildman–Crippen LogP) is 1.44. The lowest BCUT2D eigenvalue weighted by molar-refractivity contribution is 0.0949. The van der Waals surface area contributed by atoms with Crippen LogP contribution >= 0.6 is 0 Å². The van der Waals surface area contributed by atoms with E-state index >= 15 is 0 Å². The minimum Gasteiger partial charge on any atom is -0.354 e. The van der Waals surface area contributed by atoms with E-state index in [9.17, 15) is 4.79 Å². The summed E-state index contributed by atoms with van der Waals surface area (Å²) in [6, 6.07) is 0. The summed E-state index contributed by atoms with van der Waals surface area (Å²) in [5, 5.41) is 6.21. The molecule has 2 fully saturated rings. The highest BCUT2D eigenvalue weighted by atomic mass is 16.1. The van der Waals surface area contributed by atoms with Gasteiger partial charge in [-0.3, -0.25) is 14.8 Å². The minimum atomic E-state index is -0.202. The number of hydrogen-bond acceptors (Lipinski definition) is 4. The number of guanidine groups is 1. The molecule has 1 saturated heterocycles. The van der Waals surface area contributed by atoms with Gasteiger partial charge in [0.05, 0.1) is 6.20 Å². The maximum atomic E-state index is 11.9. The molecule has 3 rings (SSSR count). The summed E-state index contributed by atoms with van der Waals surface area (Å²) >= 11 is 0. The van der Waals surface area contributed by atoms with Crippen molar-refractivity contribution in [1.29, 1.82) is 0 Å². The molecule has 0 atom stereocenters. The van der Waals surface area contributed by atoms with Gasteiger partial charge in [0, 0.05) is 45.6 Å². The molecule has 7 heteroatoms. The Morgan fingerprint density at radius 3 is 2.72 bits per heavy atom. The first-order valence-corrected chi connectivity index (χ1v) is 9.22. The quantitative estimate of drug-likeness (QED) is 0.491. The zero-order chi connectivity index (χ0) is 17.5. The lowest BCUT2D eigenvalue weighted by atomic mass is 9.73. The fourth-order valence-corrected chi connectivity index (χ4v) is 4.02. The predicted molar refractivity (Wildman–Crippen MR) is 97.4 cm³/mol. The maximum absolute atomic E-state index is 11.9. The Kier molecular flexibility index (Phi) is 5.83. The number of amides is 1. The molecular weight excluding hydrogens is 316 g/mol. The van der Waals surface area contributed by atoms with Crippen LogP contribution in [0.1, 0.15) is 49.0 Å². The zero-order valence-corrected chi connectivity index (χ0v) is 15.0. The first-order chi connectivity index (χ1) is 12.2. The summed E-state index contributed by atoms with van der Waals surface area (Å²) < 4.78 is 0. The van der Waals surface area contributed by atoms with Gasteiger partial charge in [-0.2, -0.15) is 0 Å². The third kappa shape index (κ3) is 4.46. The van der Waals surface area contributed by atoms with Crippen LogP contribution in [0.2, 0.25) is 0 Å². The van der Waals surface area contributed by atoms with Crippen molar-refractivity contribution in [1.82, 2.24) is 25.5 Å². The van der Waals surface area contributed by atoms with E-state index in [0.717, 1.165) is 19.0 Å². The van der Waals surface area contributed by atoms with Gasteiger partial charge in [-0.15, -0.1) is 0 Å². The Hall–Kier alpha value is -2.18. The Labute approximate surface area is 149 Å². The molecule has 7 nitrogen and oxygen atoms in total. The van der Waals surface area contributed by atoms with E-state index in [0.29, 0.717) is 24.2 Å². The fourth-order valence-electron chi connectivity index (χ4n) is 4.02. The molecule has 136 valence electrons. The summed E-state index contributed by atoms with van der Waals surface area (Å²) in [5.74, 6) is 0.739. The number of carbonyl (C=O) groups is 1. The van der Waals surface area contributed by atoms with E-state index in [-0.39, 0.29) is 5.91 Å². The van der Waals surface area contributed by atoms with Gasteiger partial charge in [0.15, 0.2) is 5.96 Å². The number of hydrogen-bond donors (Lipinski definition) is 2. The van der Waals surface area contributed by atoms with Crippen molar-refractivity contribution in [3.05, 3.63) is 24.3 Å². The van der Waals surface area contributed by atoms with Crippen LogP contribution in [0.5, 0.6) is 0 Å². The van der Waals surface area contributed by atoms with Crippen LogP contribution in [0.25, 0.3) is 0 Å². The van der Waals surface area contributed by atoms with Gasteiger partial charge in [-0.25, -0.2) is 4.98 Å². The smallest absolute Gasteiger partial charge is 0.271 e. The monoisotopic (exact) mass is 344 g/mol. The molecule has 1 amide bonds. The molecule has 0 radical (unpaired) electrons. The highest BCUT2D eigenvalue weighted by Crippen LogP contribution is 2.43. The van der Waals surface area contributed by atoms with Crippen LogP contribution < -0.4 is 10.6 Å². The molecule has 2 aliphatic rings. The van der Waals surface area contributed by atoms with Crippen molar-refractivity contribution < 1.29 is 4.79 Å². The van der Waals surface area contributed by atoms with E-state index in [2.05, 4.69) is 30.5 Å². The van der Waals surface area contributed by atoms with E-state index < -0.39 is 0 Å². The van der Waals surface area contributed by atoms with Crippen LogP contribution in [0.3, 0.4) is 0 Å². The van der Waals surface area contributed by atoms with E-state index in [1.165, 1.54) is 50.9 Å². The average Bonchev–Trinajstić information content (AvgIpc) is 3.06. The van der Waals surface area contributed by atoms with Gasteiger partial charge in [-0.05, 0) is 24.7 Å². The van der Waals surface area contributed by atoms with E-state index in [4.69, 9.17) is 0 Å². The zero-order valence-electron chi connectivity index (χ0n) is 15.0. The topological polar surface area (TPSA) is 82.5 Å². The summed E-state index contributed by atoms with van der Waals surface area (Å²) in [5.41, 5.74) is 0.849. The lowest BCUT2D eigenvalue weighted by Gasteiger charge is -2.33. The van der Waals surface area contributed by atoms with Crippen molar-refractivity contribution in [2.45, 2.75) is 38.5 Å². The van der Waals surface area contributed by atoms with E-state index in [1.807, 2.05) is 7.05 Å². The SMILES string of the molecule is CN=C(NCCNC(=O)c1cnccn1)N1CCC2(CCCCC2)C1. The van der Waals surface area contributed by atoms with Crippen molar-refractivity contribution in [3.63, 3.8) is 0 Å². The summed E-state index contributed by atoms with van der Waals surface area (Å²) in [6.07, 6.45) is 12.7. The molecule has 1 aliphatic heterocycles. The largest absolute Gasteiger partial charge is 0.354 e. The average molecular weight is 344 g/mol. The second kappa shape index (κ2) is 8.27. The molecule has 0 bridgehead atoms. The summed E-state index contributed by atoms with van der Waals surface area (Å²) in [6.45, 7) is 3.35. The molecule has 1 aliphatic carbocycles. The number of nitrogens with one attached hydrogen (secondary N) is 2. The standard InChI is InChI=1S/C18H28N6O/c1-19-17(24-12-7-18(14-24)5-3-2-4-6-18)23-11-10-22-16(25)15-13-20-8-9-21-15/h8-9,13H,2-7,10-12,14H2,1H3,(H,19,23)(H,22,25). The first kappa shape index (κ1) is 17.6. The van der Waals surface area contributed by atoms with Crippen molar-refractivity contribution in [2.24, 2.45) is 10.4 Å². The molecule has 1 aromatic heterocycles. The number of rotatable bonds is 4. The van der Waals surface area contributed by atoms with Gasteiger partial charge < -0.3 is 15.5 Å².